The first-order valence-electron chi connectivity index (χ1n) is 10.4. The van der Waals surface area contributed by atoms with Gasteiger partial charge in [0, 0.05) is 25.7 Å². The highest BCUT2D eigenvalue weighted by Crippen LogP contribution is 2.28. The number of halogens is 2. The van der Waals surface area contributed by atoms with E-state index in [4.69, 9.17) is 27.9 Å². The largest absolute Gasteiger partial charge is 0.489 e. The number of aromatic amines is 1. The Morgan fingerprint density at radius 1 is 1.18 bits per heavy atom. The van der Waals surface area contributed by atoms with Crippen molar-refractivity contribution in [2.45, 2.75) is 19.2 Å². The van der Waals surface area contributed by atoms with Crippen LogP contribution in [0.5, 0.6) is 5.75 Å². The molecule has 2 aromatic heterocycles. The number of aliphatic hydroxyl groups is 1. The lowest BCUT2D eigenvalue weighted by atomic mass is 10.2. The second-order valence-corrected chi connectivity index (χ2v) is 8.74. The maximum absolute atomic E-state index is 12.7. The number of aromatic nitrogens is 4. The minimum Gasteiger partial charge on any atom is -0.489 e. The van der Waals surface area contributed by atoms with E-state index in [1.807, 2.05) is 42.3 Å². The molecular weight excluding hydrogens is 481 g/mol. The van der Waals surface area contributed by atoms with Crippen LogP contribution in [0.2, 0.25) is 10.0 Å². The van der Waals surface area contributed by atoms with Crippen LogP contribution >= 0.6 is 23.2 Å². The fraction of sp³-hybridized carbons (Fsp3) is 0.261. The Bertz CT molecular complexity index is 1430. The number of aryl methyl sites for hydroxylation is 1. The molecule has 2 heterocycles. The van der Waals surface area contributed by atoms with Crippen LogP contribution in [-0.2, 0) is 20.1 Å². The standard InChI is InChI=1S/C23H23Cl2N5O4/c1-28(11-14-6-4-3-5-7-14)22-26-20-19(21(32)27-23(33)29(20)2)30(22)12-16(31)13-34-18-9-8-15(24)10-17(18)25/h3-10,16,31H,11-13H2,1-2H3,(H,27,32,33)/t16-/m1/s1. The predicted octanol–water partition coefficient (Wildman–Crippen LogP) is 2.81. The van der Waals surface area contributed by atoms with Crippen molar-refractivity contribution in [1.82, 2.24) is 19.1 Å². The number of H-pyrrole nitrogens is 1. The number of aliphatic hydroxyl groups excluding tert-OH is 1. The summed E-state index contributed by atoms with van der Waals surface area (Å²) >= 11 is 12.1. The van der Waals surface area contributed by atoms with E-state index >= 15 is 0 Å². The van der Waals surface area contributed by atoms with Gasteiger partial charge in [0.15, 0.2) is 11.2 Å². The Balaban J connectivity index is 1.66. The zero-order valence-electron chi connectivity index (χ0n) is 18.5. The van der Waals surface area contributed by atoms with Crippen LogP contribution in [0.3, 0.4) is 0 Å². The number of nitrogens with zero attached hydrogens (tertiary/aromatic N) is 4. The minimum atomic E-state index is -1.01. The van der Waals surface area contributed by atoms with E-state index < -0.39 is 17.4 Å². The Morgan fingerprint density at radius 3 is 2.62 bits per heavy atom. The van der Waals surface area contributed by atoms with Gasteiger partial charge in [-0.2, -0.15) is 4.98 Å². The first-order chi connectivity index (χ1) is 16.2. The van der Waals surface area contributed by atoms with Gasteiger partial charge in [0.2, 0.25) is 5.95 Å². The smallest absolute Gasteiger partial charge is 0.329 e. The molecule has 0 amide bonds. The van der Waals surface area contributed by atoms with Gasteiger partial charge in [-0.05, 0) is 23.8 Å². The van der Waals surface area contributed by atoms with Gasteiger partial charge in [-0.15, -0.1) is 0 Å². The number of fused-ring (bicyclic) bond motifs is 1. The lowest BCUT2D eigenvalue weighted by Gasteiger charge is -2.21. The lowest BCUT2D eigenvalue weighted by Crippen LogP contribution is -2.31. The topological polar surface area (TPSA) is 105 Å². The molecule has 4 aromatic rings. The molecule has 178 valence electrons. The molecule has 0 aliphatic rings. The highest BCUT2D eigenvalue weighted by atomic mass is 35.5. The third-order valence-corrected chi connectivity index (χ3v) is 5.84. The van der Waals surface area contributed by atoms with Crippen LogP contribution < -0.4 is 20.9 Å². The summed E-state index contributed by atoms with van der Waals surface area (Å²) in [5.74, 6) is 0.802. The summed E-state index contributed by atoms with van der Waals surface area (Å²) in [5.41, 5.74) is 0.283. The number of ether oxygens (including phenoxy) is 1. The van der Waals surface area contributed by atoms with E-state index in [2.05, 4.69) is 9.97 Å². The second-order valence-electron chi connectivity index (χ2n) is 7.89. The Morgan fingerprint density at radius 2 is 1.91 bits per heavy atom. The zero-order chi connectivity index (χ0) is 24.4. The van der Waals surface area contributed by atoms with Crippen molar-refractivity contribution in [2.24, 2.45) is 7.05 Å². The number of anilines is 1. The SMILES string of the molecule is CN(Cc1ccccc1)c1nc2c(c(=O)[nH]c(=O)n2C)n1C[C@@H](O)COc1ccc(Cl)cc1Cl. The maximum atomic E-state index is 12.7. The van der Waals surface area contributed by atoms with Crippen LogP contribution in [0.25, 0.3) is 11.2 Å². The van der Waals surface area contributed by atoms with Crippen LogP contribution in [-0.4, -0.2) is 44.0 Å². The number of hydrogen-bond acceptors (Lipinski definition) is 6. The third kappa shape index (κ3) is 4.96. The van der Waals surface area contributed by atoms with Crippen molar-refractivity contribution >= 4 is 40.3 Å². The van der Waals surface area contributed by atoms with Gasteiger partial charge in [-0.3, -0.25) is 14.3 Å². The molecule has 0 spiro atoms. The molecule has 0 unspecified atom stereocenters. The number of benzene rings is 2. The van der Waals surface area contributed by atoms with Crippen molar-refractivity contribution in [3.8, 4) is 5.75 Å². The van der Waals surface area contributed by atoms with Crippen molar-refractivity contribution in [1.29, 1.82) is 0 Å². The third-order valence-electron chi connectivity index (χ3n) is 5.31. The van der Waals surface area contributed by atoms with Gasteiger partial charge < -0.3 is 19.3 Å². The average Bonchev–Trinajstić information content (AvgIpc) is 3.17. The highest BCUT2D eigenvalue weighted by molar-refractivity contribution is 6.35. The molecule has 11 heteroatoms. The molecule has 4 rings (SSSR count). The number of hydrogen-bond donors (Lipinski definition) is 2. The molecule has 0 aliphatic heterocycles. The molecule has 0 bridgehead atoms. The summed E-state index contributed by atoms with van der Waals surface area (Å²) < 4.78 is 8.51. The van der Waals surface area contributed by atoms with Crippen molar-refractivity contribution in [3.05, 3.63) is 85.0 Å². The zero-order valence-corrected chi connectivity index (χ0v) is 20.0. The van der Waals surface area contributed by atoms with E-state index in [-0.39, 0.29) is 24.3 Å². The van der Waals surface area contributed by atoms with Crippen molar-refractivity contribution in [3.63, 3.8) is 0 Å². The highest BCUT2D eigenvalue weighted by Gasteiger charge is 2.22. The van der Waals surface area contributed by atoms with Gasteiger partial charge in [-0.1, -0.05) is 53.5 Å². The summed E-state index contributed by atoms with van der Waals surface area (Å²) in [6, 6.07) is 14.5. The van der Waals surface area contributed by atoms with E-state index in [0.29, 0.717) is 28.3 Å². The molecule has 0 saturated heterocycles. The normalized spacial score (nSPS) is 12.1. The quantitative estimate of drug-likeness (QED) is 0.383. The lowest BCUT2D eigenvalue weighted by molar-refractivity contribution is 0.0937. The Kier molecular flexibility index (Phi) is 6.97. The Labute approximate surface area is 204 Å². The van der Waals surface area contributed by atoms with Crippen LogP contribution in [0.1, 0.15) is 5.56 Å². The molecule has 2 aromatic carbocycles. The molecule has 34 heavy (non-hydrogen) atoms. The molecule has 0 aliphatic carbocycles. The van der Waals surface area contributed by atoms with Gasteiger partial charge in [0.25, 0.3) is 5.56 Å². The molecule has 0 fully saturated rings. The summed E-state index contributed by atoms with van der Waals surface area (Å²) in [5, 5.41) is 11.5. The van der Waals surface area contributed by atoms with Crippen LogP contribution in [0, 0.1) is 0 Å². The van der Waals surface area contributed by atoms with Crippen molar-refractivity contribution < 1.29 is 9.84 Å². The first kappa shape index (κ1) is 23.9. The van der Waals surface area contributed by atoms with Crippen molar-refractivity contribution in [2.75, 3.05) is 18.6 Å². The van der Waals surface area contributed by atoms with Gasteiger partial charge >= 0.3 is 5.69 Å². The molecule has 1 atom stereocenters. The van der Waals surface area contributed by atoms with E-state index in [0.717, 1.165) is 5.56 Å². The summed E-state index contributed by atoms with van der Waals surface area (Å²) in [6.45, 7) is 0.410. The monoisotopic (exact) mass is 503 g/mol. The fourth-order valence-corrected chi connectivity index (χ4v) is 4.12. The first-order valence-corrected chi connectivity index (χ1v) is 11.2. The predicted molar refractivity (Wildman–Crippen MR) is 132 cm³/mol. The van der Waals surface area contributed by atoms with Gasteiger partial charge in [0.05, 0.1) is 11.6 Å². The number of rotatable bonds is 8. The summed E-state index contributed by atoms with van der Waals surface area (Å²) in [7, 11) is 3.36. The minimum absolute atomic E-state index is 0.00252. The Hall–Kier alpha value is -3.27. The molecule has 9 nitrogen and oxygen atoms in total. The molecular formula is C23H23Cl2N5O4. The van der Waals surface area contributed by atoms with E-state index in [9.17, 15) is 14.7 Å². The summed E-state index contributed by atoms with van der Waals surface area (Å²) in [6.07, 6.45) is -1.01. The maximum Gasteiger partial charge on any atom is 0.329 e. The number of imidazole rings is 1. The van der Waals surface area contributed by atoms with E-state index in [1.165, 1.54) is 11.6 Å². The molecule has 0 radical (unpaired) electrons. The molecule has 0 saturated carbocycles. The average molecular weight is 504 g/mol. The number of nitrogens with one attached hydrogen (secondary N) is 1. The van der Waals surface area contributed by atoms with Crippen LogP contribution in [0.4, 0.5) is 5.95 Å². The fourth-order valence-electron chi connectivity index (χ4n) is 3.66. The summed E-state index contributed by atoms with van der Waals surface area (Å²) in [4.78, 5) is 33.6. The second kappa shape index (κ2) is 9.92. The van der Waals surface area contributed by atoms with E-state index in [1.54, 1.807) is 22.8 Å². The molecule has 2 N–H and O–H groups in total. The van der Waals surface area contributed by atoms with Gasteiger partial charge in [-0.25, -0.2) is 4.79 Å². The van der Waals surface area contributed by atoms with Crippen LogP contribution in [0.15, 0.2) is 58.1 Å². The van der Waals surface area contributed by atoms with Gasteiger partial charge in [0.1, 0.15) is 18.5 Å².